The topological polar surface area (TPSA) is 109 Å². The number of hydrogen-bond acceptors (Lipinski definition) is 8. The van der Waals surface area contributed by atoms with Crippen LogP contribution in [0.3, 0.4) is 0 Å². The fraction of sp³-hybridized carbons (Fsp3) is 0.333. The number of esters is 1. The number of methoxy groups -OCH3 is 2. The number of hydrogen-bond donors (Lipinski definition) is 1. The maximum atomic E-state index is 12.4. The molecule has 1 amide bonds. The van der Waals surface area contributed by atoms with Gasteiger partial charge in [-0.3, -0.25) is 0 Å². The second kappa shape index (κ2) is 12.0. The quantitative estimate of drug-likeness (QED) is 0.439. The molecule has 2 aromatic carbocycles. The zero-order chi connectivity index (χ0) is 26.1. The number of alkyl carbamates (subject to hydrolysis) is 1. The summed E-state index contributed by atoms with van der Waals surface area (Å²) in [4.78, 5) is 33.6. The summed E-state index contributed by atoms with van der Waals surface area (Å²) in [5.41, 5.74) is 1.45. The van der Waals surface area contributed by atoms with Crippen LogP contribution in [0.25, 0.3) is 11.4 Å². The minimum Gasteiger partial charge on any atom is -0.496 e. The lowest BCUT2D eigenvalue weighted by atomic mass is 10.0. The van der Waals surface area contributed by atoms with Crippen molar-refractivity contribution in [3.63, 3.8) is 0 Å². The summed E-state index contributed by atoms with van der Waals surface area (Å²) in [6.07, 6.45) is 1.11. The van der Waals surface area contributed by atoms with Gasteiger partial charge in [0.2, 0.25) is 0 Å². The minimum atomic E-state index is -0.953. The average molecular weight is 494 g/mol. The maximum Gasteiger partial charge on any atom is 0.408 e. The van der Waals surface area contributed by atoms with E-state index in [9.17, 15) is 9.59 Å². The van der Waals surface area contributed by atoms with Crippen LogP contribution >= 0.6 is 0 Å². The second-order valence-electron chi connectivity index (χ2n) is 8.89. The van der Waals surface area contributed by atoms with Gasteiger partial charge in [-0.05, 0) is 50.6 Å². The van der Waals surface area contributed by atoms with Gasteiger partial charge in [0.05, 0.1) is 25.5 Å². The van der Waals surface area contributed by atoms with Crippen molar-refractivity contribution in [2.24, 2.45) is 0 Å². The highest BCUT2D eigenvalue weighted by molar-refractivity contribution is 5.81. The van der Waals surface area contributed by atoms with Crippen molar-refractivity contribution in [3.05, 3.63) is 72.1 Å². The number of nitrogens with one attached hydrogen (secondary N) is 1. The number of rotatable bonds is 9. The molecule has 1 aromatic heterocycles. The first-order chi connectivity index (χ1) is 17.2. The van der Waals surface area contributed by atoms with Crippen molar-refractivity contribution < 1.29 is 28.5 Å². The van der Waals surface area contributed by atoms with E-state index in [1.165, 1.54) is 7.11 Å². The lowest BCUT2D eigenvalue weighted by Crippen LogP contribution is -2.45. The van der Waals surface area contributed by atoms with E-state index in [-0.39, 0.29) is 13.0 Å². The van der Waals surface area contributed by atoms with Gasteiger partial charge in [-0.15, -0.1) is 0 Å². The number of amides is 1. The fourth-order valence-electron chi connectivity index (χ4n) is 3.41. The van der Waals surface area contributed by atoms with Crippen LogP contribution < -0.4 is 14.8 Å². The highest BCUT2D eigenvalue weighted by Gasteiger charge is 2.26. The van der Waals surface area contributed by atoms with E-state index >= 15 is 0 Å². The lowest BCUT2D eigenvalue weighted by Gasteiger charge is -2.23. The van der Waals surface area contributed by atoms with E-state index in [0.29, 0.717) is 28.6 Å². The van der Waals surface area contributed by atoms with Crippen LogP contribution in [0.5, 0.6) is 11.5 Å². The molecule has 36 heavy (non-hydrogen) atoms. The second-order valence-corrected chi connectivity index (χ2v) is 8.89. The first-order valence-electron chi connectivity index (χ1n) is 11.4. The van der Waals surface area contributed by atoms with Gasteiger partial charge in [-0.25, -0.2) is 19.6 Å². The first-order valence-corrected chi connectivity index (χ1v) is 11.4. The van der Waals surface area contributed by atoms with Crippen LogP contribution in [-0.4, -0.2) is 47.9 Å². The predicted octanol–water partition coefficient (Wildman–Crippen LogP) is 4.34. The highest BCUT2D eigenvalue weighted by Crippen LogP contribution is 2.27. The molecule has 1 unspecified atom stereocenters. The molecule has 0 fully saturated rings. The maximum absolute atomic E-state index is 12.4. The van der Waals surface area contributed by atoms with Crippen molar-refractivity contribution >= 4 is 12.1 Å². The Bertz CT molecular complexity index is 1190. The van der Waals surface area contributed by atoms with E-state index in [2.05, 4.69) is 15.3 Å². The summed E-state index contributed by atoms with van der Waals surface area (Å²) in [5.74, 6) is 1.16. The summed E-state index contributed by atoms with van der Waals surface area (Å²) in [6, 6.07) is 15.6. The molecule has 3 aromatic rings. The summed E-state index contributed by atoms with van der Waals surface area (Å²) >= 11 is 0. The summed E-state index contributed by atoms with van der Waals surface area (Å²) in [7, 11) is 2.87. The number of para-hydroxylation sites is 2. The molecule has 1 N–H and O–H groups in total. The standard InChI is InChI=1S/C27H31N3O6/c1-27(2,3)36-26(32)30-21(25(31)34-5)16-18-10-6-8-12-22(18)35-17-19-14-15-28-24(29-19)20-11-7-9-13-23(20)33-4/h6-15,21H,16-17H2,1-5H3,(H,30,32). The highest BCUT2D eigenvalue weighted by atomic mass is 16.6. The normalized spacial score (nSPS) is 11.8. The van der Waals surface area contributed by atoms with E-state index in [1.54, 1.807) is 46.2 Å². The van der Waals surface area contributed by atoms with Crippen LogP contribution in [-0.2, 0) is 27.3 Å². The molecule has 190 valence electrons. The molecule has 0 saturated heterocycles. The van der Waals surface area contributed by atoms with Gasteiger partial charge in [0, 0.05) is 12.6 Å². The number of benzene rings is 2. The fourth-order valence-corrected chi connectivity index (χ4v) is 3.41. The van der Waals surface area contributed by atoms with Crippen LogP contribution in [0.2, 0.25) is 0 Å². The number of aromatic nitrogens is 2. The molecule has 9 nitrogen and oxygen atoms in total. The Morgan fingerprint density at radius 2 is 1.67 bits per heavy atom. The Hall–Kier alpha value is -4.14. The molecule has 0 aliphatic heterocycles. The Morgan fingerprint density at radius 3 is 2.36 bits per heavy atom. The van der Waals surface area contributed by atoms with Gasteiger partial charge in [0.1, 0.15) is 29.7 Å². The molecule has 1 heterocycles. The van der Waals surface area contributed by atoms with Gasteiger partial charge in [-0.1, -0.05) is 30.3 Å². The van der Waals surface area contributed by atoms with Gasteiger partial charge in [-0.2, -0.15) is 0 Å². The Labute approximate surface area is 210 Å². The Balaban J connectivity index is 1.75. The van der Waals surface area contributed by atoms with E-state index < -0.39 is 23.7 Å². The average Bonchev–Trinajstić information content (AvgIpc) is 2.86. The molecule has 3 rings (SSSR count). The number of carbonyl (C=O) groups is 2. The number of nitrogens with zero attached hydrogens (tertiary/aromatic N) is 2. The van der Waals surface area contributed by atoms with Gasteiger partial charge in [0.25, 0.3) is 0 Å². The molecule has 0 bridgehead atoms. The number of carbonyl (C=O) groups excluding carboxylic acids is 2. The van der Waals surface area contributed by atoms with E-state index in [4.69, 9.17) is 18.9 Å². The van der Waals surface area contributed by atoms with Gasteiger partial charge in [0.15, 0.2) is 5.82 Å². The molecule has 0 aliphatic rings. The number of ether oxygens (including phenoxy) is 4. The van der Waals surface area contributed by atoms with E-state index in [0.717, 1.165) is 5.56 Å². The van der Waals surface area contributed by atoms with Crippen molar-refractivity contribution in [1.82, 2.24) is 15.3 Å². The third-order valence-electron chi connectivity index (χ3n) is 5.01. The molecule has 1 atom stereocenters. The molecular weight excluding hydrogens is 462 g/mol. The first kappa shape index (κ1) is 26.5. The van der Waals surface area contributed by atoms with Crippen LogP contribution in [0.1, 0.15) is 32.0 Å². The molecule has 0 saturated carbocycles. The van der Waals surface area contributed by atoms with Crippen molar-refractivity contribution in [1.29, 1.82) is 0 Å². The van der Waals surface area contributed by atoms with Gasteiger partial charge < -0.3 is 24.3 Å². The Kier molecular flexibility index (Phi) is 8.83. The van der Waals surface area contributed by atoms with Gasteiger partial charge >= 0.3 is 12.1 Å². The van der Waals surface area contributed by atoms with Crippen LogP contribution in [0, 0.1) is 0 Å². The van der Waals surface area contributed by atoms with Crippen molar-refractivity contribution in [3.8, 4) is 22.9 Å². The predicted molar refractivity (Wildman–Crippen MR) is 134 cm³/mol. The largest absolute Gasteiger partial charge is 0.496 e. The SMILES string of the molecule is COC(=O)C(Cc1ccccc1OCc1ccnc(-c2ccccc2OC)n1)NC(=O)OC(C)(C)C. The summed E-state index contributed by atoms with van der Waals surface area (Å²) in [6.45, 7) is 5.41. The van der Waals surface area contributed by atoms with Crippen molar-refractivity contribution in [2.45, 2.75) is 45.4 Å². The van der Waals surface area contributed by atoms with Crippen molar-refractivity contribution in [2.75, 3.05) is 14.2 Å². The monoisotopic (exact) mass is 493 g/mol. The minimum absolute atomic E-state index is 0.151. The Morgan fingerprint density at radius 1 is 0.972 bits per heavy atom. The third kappa shape index (κ3) is 7.43. The molecular formula is C27H31N3O6. The zero-order valence-corrected chi connectivity index (χ0v) is 21.1. The molecule has 0 aliphatic carbocycles. The lowest BCUT2D eigenvalue weighted by molar-refractivity contribution is -0.143. The third-order valence-corrected chi connectivity index (χ3v) is 5.01. The summed E-state index contributed by atoms with van der Waals surface area (Å²) < 4.78 is 21.6. The summed E-state index contributed by atoms with van der Waals surface area (Å²) in [5, 5.41) is 2.59. The van der Waals surface area contributed by atoms with Crippen LogP contribution in [0.15, 0.2) is 60.8 Å². The molecule has 9 heteroatoms. The van der Waals surface area contributed by atoms with E-state index in [1.807, 2.05) is 42.5 Å². The molecule has 0 radical (unpaired) electrons. The van der Waals surface area contributed by atoms with Crippen LogP contribution in [0.4, 0.5) is 4.79 Å². The zero-order valence-electron chi connectivity index (χ0n) is 21.1. The molecule has 0 spiro atoms. The smallest absolute Gasteiger partial charge is 0.408 e.